The quantitative estimate of drug-likeness (QED) is 0.778. The minimum absolute atomic E-state index is 0.164. The number of hydrogen-bond donors (Lipinski definition) is 2. The van der Waals surface area contributed by atoms with Crippen molar-refractivity contribution in [3.63, 3.8) is 0 Å². The second kappa shape index (κ2) is 8.72. The van der Waals surface area contributed by atoms with E-state index in [0.717, 1.165) is 38.3 Å². The molecule has 138 valence electrons. The molecule has 0 atom stereocenters. The Kier molecular flexibility index (Phi) is 6.12. The Bertz CT molecular complexity index is 735. The Labute approximate surface area is 155 Å². The third kappa shape index (κ3) is 4.99. The highest BCUT2D eigenvalue weighted by molar-refractivity contribution is 5.80. The summed E-state index contributed by atoms with van der Waals surface area (Å²) >= 11 is 0. The van der Waals surface area contributed by atoms with Crippen LogP contribution in [0.15, 0.2) is 47.6 Å². The first-order chi connectivity index (χ1) is 12.6. The maximum atomic E-state index is 9.77. The van der Waals surface area contributed by atoms with E-state index in [0.29, 0.717) is 12.4 Å². The Morgan fingerprint density at radius 1 is 1.15 bits per heavy atom. The van der Waals surface area contributed by atoms with Gasteiger partial charge in [0.05, 0.1) is 39.0 Å². The molecule has 0 saturated carbocycles. The first-order valence-corrected chi connectivity index (χ1v) is 9.28. The Hall–Kier alpha value is -2.53. The lowest BCUT2D eigenvalue weighted by atomic mass is 10.1. The highest BCUT2D eigenvalue weighted by atomic mass is 16.5. The van der Waals surface area contributed by atoms with E-state index >= 15 is 0 Å². The molecule has 0 aromatic heterocycles. The van der Waals surface area contributed by atoms with Crippen LogP contribution >= 0.6 is 0 Å². The zero-order chi connectivity index (χ0) is 18.4. The van der Waals surface area contributed by atoms with E-state index in [9.17, 15) is 5.11 Å². The fourth-order valence-corrected chi connectivity index (χ4v) is 3.13. The van der Waals surface area contributed by atoms with Crippen molar-refractivity contribution >= 4 is 6.21 Å². The van der Waals surface area contributed by atoms with E-state index in [2.05, 4.69) is 41.3 Å². The number of phenolic OH excluding ortho intramolecular Hbond substituents is 1. The molecule has 0 amide bonds. The third-order valence-electron chi connectivity index (χ3n) is 4.68. The number of hydrogen-bond acceptors (Lipinski definition) is 4. The van der Waals surface area contributed by atoms with Gasteiger partial charge in [0, 0.05) is 5.56 Å². The molecule has 0 spiro atoms. The van der Waals surface area contributed by atoms with Crippen molar-refractivity contribution in [1.82, 2.24) is 5.01 Å². The van der Waals surface area contributed by atoms with Gasteiger partial charge in [0.25, 0.3) is 0 Å². The Balaban J connectivity index is 1.51. The van der Waals surface area contributed by atoms with Crippen molar-refractivity contribution in [3.05, 3.63) is 59.2 Å². The highest BCUT2D eigenvalue weighted by Gasteiger charge is 2.18. The molecule has 26 heavy (non-hydrogen) atoms. The van der Waals surface area contributed by atoms with Crippen LogP contribution in [0.2, 0.25) is 0 Å². The fourth-order valence-electron chi connectivity index (χ4n) is 3.13. The fraction of sp³-hybridized carbons (Fsp3) is 0.381. The van der Waals surface area contributed by atoms with Gasteiger partial charge in [-0.15, -0.1) is 0 Å². The van der Waals surface area contributed by atoms with Crippen LogP contribution in [-0.4, -0.2) is 49.1 Å². The van der Waals surface area contributed by atoms with Gasteiger partial charge in [-0.2, -0.15) is 5.10 Å². The summed E-state index contributed by atoms with van der Waals surface area (Å²) in [5.41, 5.74) is 3.64. The monoisotopic (exact) mass is 354 g/mol. The molecule has 1 saturated heterocycles. The number of nitrogens with zero attached hydrogens (tertiary/aromatic N) is 2. The molecule has 1 aliphatic rings. The number of hydrazone groups is 1. The number of phenols is 1. The molecule has 2 aromatic carbocycles. The molecule has 0 radical (unpaired) electrons. The molecule has 1 heterocycles. The molecule has 2 N–H and O–H groups in total. The molecule has 0 unspecified atom stereocenters. The molecule has 0 aliphatic carbocycles. The zero-order valence-electron chi connectivity index (χ0n) is 15.6. The molecule has 1 aliphatic heterocycles. The first kappa shape index (κ1) is 18.3. The van der Waals surface area contributed by atoms with Crippen LogP contribution in [0.25, 0.3) is 0 Å². The third-order valence-corrected chi connectivity index (χ3v) is 4.68. The van der Waals surface area contributed by atoms with Gasteiger partial charge in [-0.25, -0.2) is 0 Å². The largest absolute Gasteiger partial charge is 0.504 e. The lowest BCUT2D eigenvalue weighted by Crippen LogP contribution is -3.13. The number of quaternary nitrogens is 1. The van der Waals surface area contributed by atoms with Crippen LogP contribution in [-0.2, 0) is 6.54 Å². The van der Waals surface area contributed by atoms with E-state index in [1.165, 1.54) is 11.1 Å². The van der Waals surface area contributed by atoms with Crippen molar-refractivity contribution in [2.24, 2.45) is 5.10 Å². The summed E-state index contributed by atoms with van der Waals surface area (Å²) < 4.78 is 5.42. The molecule has 2 aromatic rings. The highest BCUT2D eigenvalue weighted by Crippen LogP contribution is 2.26. The standard InChI is InChI=1S/C21H27N3O2/c1-3-26-21-14-19(8-9-20(21)25)15-22-24-12-10-23(11-13-24)16-18-6-4-17(2)5-7-18/h4-9,14-15,25H,3,10-13,16H2,1-2H3/p+1. The van der Waals surface area contributed by atoms with Gasteiger partial charge < -0.3 is 14.7 Å². The number of aromatic hydroxyl groups is 1. The van der Waals surface area contributed by atoms with Crippen LogP contribution in [0.4, 0.5) is 0 Å². The van der Waals surface area contributed by atoms with Crippen LogP contribution in [0.5, 0.6) is 11.5 Å². The second-order valence-corrected chi connectivity index (χ2v) is 6.77. The van der Waals surface area contributed by atoms with Gasteiger partial charge in [-0.1, -0.05) is 29.8 Å². The van der Waals surface area contributed by atoms with E-state index < -0.39 is 0 Å². The summed E-state index contributed by atoms with van der Waals surface area (Å²) in [6.45, 7) is 9.71. The zero-order valence-corrected chi connectivity index (χ0v) is 15.6. The summed E-state index contributed by atoms with van der Waals surface area (Å²) in [7, 11) is 0. The van der Waals surface area contributed by atoms with Crippen LogP contribution in [0.1, 0.15) is 23.6 Å². The molecule has 5 nitrogen and oxygen atoms in total. The smallest absolute Gasteiger partial charge is 0.161 e. The van der Waals surface area contributed by atoms with Gasteiger partial charge in [0.2, 0.25) is 0 Å². The number of nitrogens with one attached hydrogen (secondary N) is 1. The summed E-state index contributed by atoms with van der Waals surface area (Å²) in [5.74, 6) is 0.668. The molecule has 0 bridgehead atoms. The summed E-state index contributed by atoms with van der Waals surface area (Å²) in [5, 5.41) is 16.5. The van der Waals surface area contributed by atoms with Crippen LogP contribution in [0.3, 0.4) is 0 Å². The maximum absolute atomic E-state index is 9.77. The lowest BCUT2D eigenvalue weighted by molar-refractivity contribution is -0.918. The molecular formula is C21H28N3O2+. The van der Waals surface area contributed by atoms with Gasteiger partial charge in [-0.05, 0) is 37.6 Å². The van der Waals surface area contributed by atoms with E-state index in [4.69, 9.17) is 4.74 Å². The topological polar surface area (TPSA) is 49.5 Å². The normalized spacial score (nSPS) is 15.5. The summed E-state index contributed by atoms with van der Waals surface area (Å²) in [6.07, 6.45) is 1.84. The van der Waals surface area contributed by atoms with Gasteiger partial charge in [0.15, 0.2) is 11.5 Å². The summed E-state index contributed by atoms with van der Waals surface area (Å²) in [6, 6.07) is 14.1. The van der Waals surface area contributed by atoms with Gasteiger partial charge >= 0.3 is 0 Å². The maximum Gasteiger partial charge on any atom is 0.161 e. The van der Waals surface area contributed by atoms with E-state index in [1.807, 2.05) is 25.3 Å². The minimum atomic E-state index is 0.164. The predicted molar refractivity (Wildman–Crippen MR) is 104 cm³/mol. The number of rotatable bonds is 6. The second-order valence-electron chi connectivity index (χ2n) is 6.77. The number of aryl methyl sites for hydroxylation is 1. The van der Waals surface area contributed by atoms with E-state index in [-0.39, 0.29) is 5.75 Å². The summed E-state index contributed by atoms with van der Waals surface area (Å²) in [4.78, 5) is 1.60. The van der Waals surface area contributed by atoms with Crippen molar-refractivity contribution in [3.8, 4) is 11.5 Å². The van der Waals surface area contributed by atoms with Crippen molar-refractivity contribution in [2.45, 2.75) is 20.4 Å². The van der Waals surface area contributed by atoms with Crippen molar-refractivity contribution in [1.29, 1.82) is 0 Å². The van der Waals surface area contributed by atoms with Crippen molar-refractivity contribution < 1.29 is 14.7 Å². The van der Waals surface area contributed by atoms with Crippen LogP contribution < -0.4 is 9.64 Å². The van der Waals surface area contributed by atoms with Crippen LogP contribution in [0, 0.1) is 6.92 Å². The SMILES string of the molecule is CCOc1cc(C=NN2CC[NH+](Cc3ccc(C)cc3)CC2)ccc1O. The molecular weight excluding hydrogens is 326 g/mol. The average Bonchev–Trinajstić information content (AvgIpc) is 2.65. The number of ether oxygens (including phenoxy) is 1. The Morgan fingerprint density at radius 3 is 2.58 bits per heavy atom. The lowest BCUT2D eigenvalue weighted by Gasteiger charge is -2.30. The average molecular weight is 354 g/mol. The first-order valence-electron chi connectivity index (χ1n) is 9.28. The molecule has 5 heteroatoms. The molecule has 3 rings (SSSR count). The van der Waals surface area contributed by atoms with Gasteiger partial charge in [0.1, 0.15) is 6.54 Å². The van der Waals surface area contributed by atoms with Crippen molar-refractivity contribution in [2.75, 3.05) is 32.8 Å². The number of benzene rings is 2. The molecule has 1 fully saturated rings. The Morgan fingerprint density at radius 2 is 1.88 bits per heavy atom. The predicted octanol–water partition coefficient (Wildman–Crippen LogP) is 1.83. The minimum Gasteiger partial charge on any atom is -0.504 e. The van der Waals surface area contributed by atoms with Gasteiger partial charge in [-0.3, -0.25) is 5.01 Å². The van der Waals surface area contributed by atoms with E-state index in [1.54, 1.807) is 11.0 Å². The number of piperazine rings is 1.